The van der Waals surface area contributed by atoms with Gasteiger partial charge in [-0.2, -0.15) is 5.26 Å². The highest BCUT2D eigenvalue weighted by Crippen LogP contribution is 2.30. The van der Waals surface area contributed by atoms with Crippen molar-refractivity contribution in [2.75, 3.05) is 5.32 Å². The van der Waals surface area contributed by atoms with Gasteiger partial charge >= 0.3 is 0 Å². The molecule has 0 radical (unpaired) electrons. The van der Waals surface area contributed by atoms with Gasteiger partial charge in [-0.25, -0.2) is 4.98 Å². The molecule has 0 fully saturated rings. The van der Waals surface area contributed by atoms with Crippen molar-refractivity contribution in [1.29, 1.82) is 5.26 Å². The first kappa shape index (κ1) is 24.2. The number of anilines is 1. The number of rotatable bonds is 7. The second-order valence-electron chi connectivity index (χ2n) is 7.15. The third-order valence-electron chi connectivity index (χ3n) is 4.79. The number of carbonyl (C=O) groups is 1. The van der Waals surface area contributed by atoms with Crippen molar-refractivity contribution in [2.24, 2.45) is 0 Å². The fourth-order valence-corrected chi connectivity index (χ4v) is 4.35. The van der Waals surface area contributed by atoms with E-state index in [1.807, 2.05) is 12.1 Å². The highest BCUT2D eigenvalue weighted by molar-refractivity contribution is 7.15. The number of carbonyl (C=O) groups excluding carboxylic acids is 1. The lowest BCUT2D eigenvalue weighted by Crippen LogP contribution is -2.13. The number of thiazole rings is 1. The Kier molecular flexibility index (Phi) is 7.27. The second-order valence-corrected chi connectivity index (χ2v) is 9.06. The predicted octanol–water partition coefficient (Wildman–Crippen LogP) is 6.75. The maximum absolute atomic E-state index is 12.6. The van der Waals surface area contributed by atoms with Crippen LogP contribution in [0.25, 0.3) is 17.4 Å². The molecule has 0 aliphatic heterocycles. The number of hydrogen-bond acceptors (Lipinski definition) is 7. The summed E-state index contributed by atoms with van der Waals surface area (Å²) in [5.74, 6) is -0.0435. The summed E-state index contributed by atoms with van der Waals surface area (Å²) in [6, 6.07) is 16.3. The SMILES string of the molecule is N#C/C(=C\c1ccc(-c2cccc([N+](=O)[O-])c2)o1)C(=O)Nc1ncc(Cc2cccc(Cl)c2Cl)s1. The van der Waals surface area contributed by atoms with Crippen molar-refractivity contribution >= 4 is 57.3 Å². The fourth-order valence-electron chi connectivity index (χ4n) is 3.13. The number of nitriles is 1. The van der Waals surface area contributed by atoms with Gasteiger partial charge in [0.15, 0.2) is 5.13 Å². The lowest BCUT2D eigenvalue weighted by molar-refractivity contribution is -0.384. The number of nitro groups is 1. The van der Waals surface area contributed by atoms with Gasteiger partial charge in [0.05, 0.1) is 15.0 Å². The van der Waals surface area contributed by atoms with E-state index in [0.717, 1.165) is 10.4 Å². The average molecular weight is 525 g/mol. The minimum Gasteiger partial charge on any atom is -0.457 e. The summed E-state index contributed by atoms with van der Waals surface area (Å²) < 4.78 is 5.66. The van der Waals surface area contributed by atoms with Gasteiger partial charge in [-0.1, -0.05) is 47.5 Å². The molecule has 0 bridgehead atoms. The highest BCUT2D eigenvalue weighted by Gasteiger charge is 2.15. The predicted molar refractivity (Wildman–Crippen MR) is 134 cm³/mol. The highest BCUT2D eigenvalue weighted by atomic mass is 35.5. The number of nitrogens with one attached hydrogen (secondary N) is 1. The van der Waals surface area contributed by atoms with E-state index in [1.165, 1.54) is 29.5 Å². The van der Waals surface area contributed by atoms with E-state index < -0.39 is 10.8 Å². The number of benzene rings is 2. The molecule has 11 heteroatoms. The zero-order chi connectivity index (χ0) is 24.9. The normalized spacial score (nSPS) is 11.2. The lowest BCUT2D eigenvalue weighted by atomic mass is 10.1. The van der Waals surface area contributed by atoms with Gasteiger partial charge < -0.3 is 4.42 Å². The molecule has 8 nitrogen and oxygen atoms in total. The molecule has 2 aromatic heterocycles. The second kappa shape index (κ2) is 10.5. The molecule has 4 aromatic rings. The molecule has 35 heavy (non-hydrogen) atoms. The average Bonchev–Trinajstić information content (AvgIpc) is 3.50. The summed E-state index contributed by atoms with van der Waals surface area (Å²) in [5.41, 5.74) is 1.06. The summed E-state index contributed by atoms with van der Waals surface area (Å²) >= 11 is 13.5. The Balaban J connectivity index is 1.47. The van der Waals surface area contributed by atoms with E-state index in [0.29, 0.717) is 32.9 Å². The first-order valence-electron chi connectivity index (χ1n) is 9.99. The third-order valence-corrected chi connectivity index (χ3v) is 6.56. The zero-order valence-corrected chi connectivity index (χ0v) is 20.0. The van der Waals surface area contributed by atoms with Gasteiger partial charge in [0.1, 0.15) is 23.2 Å². The Labute approximate surface area is 213 Å². The summed E-state index contributed by atoms with van der Waals surface area (Å²) in [4.78, 5) is 28.1. The first-order chi connectivity index (χ1) is 16.8. The minimum absolute atomic E-state index is 0.0754. The number of halogens is 2. The molecular weight excluding hydrogens is 511 g/mol. The van der Waals surface area contributed by atoms with E-state index in [9.17, 15) is 20.2 Å². The van der Waals surface area contributed by atoms with Crippen LogP contribution in [0.15, 0.2) is 70.8 Å². The number of furan rings is 1. The molecule has 0 unspecified atom stereocenters. The molecule has 0 atom stereocenters. The van der Waals surface area contributed by atoms with Crippen LogP contribution in [-0.4, -0.2) is 15.8 Å². The maximum Gasteiger partial charge on any atom is 0.270 e. The Bertz CT molecular complexity index is 1500. The van der Waals surface area contributed by atoms with Gasteiger partial charge in [0, 0.05) is 41.3 Å². The van der Waals surface area contributed by atoms with Gasteiger partial charge in [0.25, 0.3) is 11.6 Å². The van der Waals surface area contributed by atoms with Crippen LogP contribution in [0.3, 0.4) is 0 Å². The molecule has 0 spiro atoms. The quantitative estimate of drug-likeness (QED) is 0.123. The van der Waals surface area contributed by atoms with Gasteiger partial charge in [-0.3, -0.25) is 20.2 Å². The molecule has 0 saturated carbocycles. The standard InChI is InChI=1S/C24H14Cl2N4O4S/c25-20-6-2-4-15(22(20)26)11-19-13-28-24(35-19)29-23(31)16(12-27)10-18-7-8-21(34-18)14-3-1-5-17(9-14)30(32)33/h1-10,13H,11H2,(H,28,29,31)/b16-10+. The van der Waals surface area contributed by atoms with Crippen molar-refractivity contribution in [3.05, 3.63) is 103 Å². The van der Waals surface area contributed by atoms with E-state index in [1.54, 1.807) is 42.6 Å². The molecule has 1 amide bonds. The summed E-state index contributed by atoms with van der Waals surface area (Å²) in [5, 5.41) is 24.3. The lowest BCUT2D eigenvalue weighted by Gasteiger charge is -2.03. The van der Waals surface area contributed by atoms with Crippen molar-refractivity contribution in [1.82, 2.24) is 4.98 Å². The van der Waals surface area contributed by atoms with Gasteiger partial charge in [0.2, 0.25) is 0 Å². The Morgan fingerprint density at radius 1 is 1.23 bits per heavy atom. The molecule has 0 saturated heterocycles. The number of non-ortho nitro benzene ring substituents is 1. The monoisotopic (exact) mass is 524 g/mol. The smallest absolute Gasteiger partial charge is 0.270 e. The van der Waals surface area contributed by atoms with Crippen molar-refractivity contribution in [3.63, 3.8) is 0 Å². The Morgan fingerprint density at radius 3 is 2.80 bits per heavy atom. The van der Waals surface area contributed by atoms with Crippen LogP contribution in [-0.2, 0) is 11.2 Å². The van der Waals surface area contributed by atoms with E-state index >= 15 is 0 Å². The maximum atomic E-state index is 12.6. The molecule has 1 N–H and O–H groups in total. The third kappa shape index (κ3) is 5.75. The summed E-state index contributed by atoms with van der Waals surface area (Å²) in [6.45, 7) is 0. The summed E-state index contributed by atoms with van der Waals surface area (Å²) in [6.07, 6.45) is 3.39. The first-order valence-corrected chi connectivity index (χ1v) is 11.6. The van der Waals surface area contributed by atoms with Crippen LogP contribution in [0.1, 0.15) is 16.2 Å². The zero-order valence-electron chi connectivity index (χ0n) is 17.7. The van der Waals surface area contributed by atoms with Crippen LogP contribution in [0, 0.1) is 21.4 Å². The molecule has 0 aliphatic carbocycles. The van der Waals surface area contributed by atoms with Gasteiger partial charge in [-0.05, 0) is 23.8 Å². The van der Waals surface area contributed by atoms with E-state index in [2.05, 4.69) is 10.3 Å². The van der Waals surface area contributed by atoms with E-state index in [-0.39, 0.29) is 17.0 Å². The van der Waals surface area contributed by atoms with Crippen molar-refractivity contribution in [3.8, 4) is 17.4 Å². The van der Waals surface area contributed by atoms with Crippen molar-refractivity contribution in [2.45, 2.75) is 6.42 Å². The molecule has 4 rings (SSSR count). The number of aromatic nitrogens is 1. The number of amides is 1. The van der Waals surface area contributed by atoms with Crippen LogP contribution < -0.4 is 5.32 Å². The molecule has 2 heterocycles. The van der Waals surface area contributed by atoms with Crippen LogP contribution in [0.2, 0.25) is 10.0 Å². The topological polar surface area (TPSA) is 122 Å². The van der Waals surface area contributed by atoms with Crippen LogP contribution >= 0.6 is 34.5 Å². The fraction of sp³-hybridized carbons (Fsp3) is 0.0417. The number of nitrogens with zero attached hydrogens (tertiary/aromatic N) is 3. The summed E-state index contributed by atoms with van der Waals surface area (Å²) in [7, 11) is 0. The number of nitro benzene ring substituents is 1. The molecule has 0 aliphatic rings. The molecule has 2 aromatic carbocycles. The Morgan fingerprint density at radius 2 is 2.03 bits per heavy atom. The van der Waals surface area contributed by atoms with Crippen LogP contribution in [0.4, 0.5) is 10.8 Å². The molecule has 174 valence electrons. The Hall–Kier alpha value is -3.97. The van der Waals surface area contributed by atoms with Crippen molar-refractivity contribution < 1.29 is 14.1 Å². The van der Waals surface area contributed by atoms with E-state index in [4.69, 9.17) is 27.6 Å². The number of hydrogen-bond donors (Lipinski definition) is 1. The molecular formula is C24H14Cl2N4O4S. The van der Waals surface area contributed by atoms with Crippen LogP contribution in [0.5, 0.6) is 0 Å². The largest absolute Gasteiger partial charge is 0.457 e. The minimum atomic E-state index is -0.650. The van der Waals surface area contributed by atoms with Gasteiger partial charge in [-0.15, -0.1) is 11.3 Å².